The zero-order chi connectivity index (χ0) is 20.1. The molecule has 2 aromatic heterocycles. The van der Waals surface area contributed by atoms with Crippen LogP contribution in [0.25, 0.3) is 0 Å². The molecule has 28 heavy (non-hydrogen) atoms. The van der Waals surface area contributed by atoms with Crippen LogP contribution in [0.1, 0.15) is 40.9 Å². The van der Waals surface area contributed by atoms with Crippen molar-refractivity contribution in [3.8, 4) is 0 Å². The normalized spacial score (nSPS) is 16.6. The average Bonchev–Trinajstić information content (AvgIpc) is 3.14. The number of anilines is 1. The number of amides is 2. The summed E-state index contributed by atoms with van der Waals surface area (Å²) in [7, 11) is 0. The largest absolute Gasteiger partial charge is 0.342 e. The number of nitrogens with zero attached hydrogens (tertiary/aromatic N) is 2. The third-order valence-electron chi connectivity index (χ3n) is 4.81. The third-order valence-corrected chi connectivity index (χ3v) is 6.08. The Labute approximate surface area is 172 Å². The fraction of sp³-hybridized carbons (Fsp3) is 0.400. The van der Waals surface area contributed by atoms with E-state index in [0.717, 1.165) is 18.4 Å². The number of likely N-dealkylation sites (tertiary alicyclic amines) is 1. The maximum absolute atomic E-state index is 12.6. The summed E-state index contributed by atoms with van der Waals surface area (Å²) in [6, 6.07) is 7.06. The number of aryl methyl sites for hydroxylation is 1. The molecule has 0 bridgehead atoms. The lowest BCUT2D eigenvalue weighted by molar-refractivity contribution is -0.134. The number of nitrogens with one attached hydrogen (secondary N) is 1. The number of rotatable bonds is 6. The molecule has 1 saturated heterocycles. The Morgan fingerprint density at radius 3 is 2.82 bits per heavy atom. The topological polar surface area (TPSA) is 79.4 Å². The smallest absolute Gasteiger partial charge is 0.230 e. The Morgan fingerprint density at radius 1 is 1.29 bits per heavy atom. The maximum atomic E-state index is 12.6. The van der Waals surface area contributed by atoms with Gasteiger partial charge in [-0.05, 0) is 43.5 Å². The number of thiophene rings is 1. The standard InChI is InChI=1S/C20H22ClN3O3S/c1-13-4-2-10-22-19(13)23-20(27)14-5-3-11-24(12-14)18(26)9-6-15(25)16-7-8-17(21)28-16/h2,4,7-8,10,14H,3,5-6,9,11-12H2,1H3,(H,22,23,27). The number of halogens is 1. The van der Waals surface area contributed by atoms with Gasteiger partial charge in [-0.2, -0.15) is 0 Å². The van der Waals surface area contributed by atoms with Gasteiger partial charge in [-0.25, -0.2) is 4.98 Å². The minimum absolute atomic E-state index is 0.0813. The van der Waals surface area contributed by atoms with Gasteiger partial charge in [0, 0.05) is 32.1 Å². The molecule has 0 saturated carbocycles. The van der Waals surface area contributed by atoms with E-state index in [4.69, 9.17) is 11.6 Å². The molecule has 0 aromatic carbocycles. The van der Waals surface area contributed by atoms with Gasteiger partial charge in [0.05, 0.1) is 15.1 Å². The summed E-state index contributed by atoms with van der Waals surface area (Å²) in [4.78, 5) is 43.7. The zero-order valence-corrected chi connectivity index (χ0v) is 17.2. The number of pyridine rings is 1. The van der Waals surface area contributed by atoms with Crippen LogP contribution in [0.15, 0.2) is 30.5 Å². The molecule has 6 nitrogen and oxygen atoms in total. The molecule has 2 aromatic rings. The molecule has 3 heterocycles. The first-order chi connectivity index (χ1) is 13.4. The van der Waals surface area contributed by atoms with E-state index in [1.165, 1.54) is 11.3 Å². The molecule has 0 aliphatic carbocycles. The van der Waals surface area contributed by atoms with E-state index in [2.05, 4.69) is 10.3 Å². The Bertz CT molecular complexity index is 883. The Kier molecular flexibility index (Phi) is 6.80. The lowest BCUT2D eigenvalue weighted by atomic mass is 9.96. The third kappa shape index (κ3) is 5.17. The molecule has 1 aliphatic heterocycles. The molecular weight excluding hydrogens is 398 g/mol. The fourth-order valence-corrected chi connectivity index (χ4v) is 4.23. The van der Waals surface area contributed by atoms with E-state index in [1.807, 2.05) is 19.1 Å². The quantitative estimate of drug-likeness (QED) is 0.719. The predicted octanol–water partition coefficient (Wildman–Crippen LogP) is 3.95. The minimum atomic E-state index is -0.272. The molecule has 0 radical (unpaired) electrons. The van der Waals surface area contributed by atoms with E-state index in [0.29, 0.717) is 28.1 Å². The van der Waals surface area contributed by atoms with Crippen LogP contribution in [0, 0.1) is 12.8 Å². The number of hydrogen-bond acceptors (Lipinski definition) is 5. The van der Waals surface area contributed by atoms with Gasteiger partial charge in [0.2, 0.25) is 11.8 Å². The van der Waals surface area contributed by atoms with Crippen molar-refractivity contribution in [2.45, 2.75) is 32.6 Å². The van der Waals surface area contributed by atoms with E-state index >= 15 is 0 Å². The van der Waals surface area contributed by atoms with Crippen molar-refractivity contribution in [3.63, 3.8) is 0 Å². The summed E-state index contributed by atoms with van der Waals surface area (Å²) in [5.41, 5.74) is 0.895. The molecule has 0 spiro atoms. The molecule has 1 atom stereocenters. The highest BCUT2D eigenvalue weighted by Gasteiger charge is 2.29. The number of Topliss-reactive ketones (excluding diaryl/α,β-unsaturated/α-hetero) is 1. The van der Waals surface area contributed by atoms with E-state index < -0.39 is 0 Å². The predicted molar refractivity (Wildman–Crippen MR) is 110 cm³/mol. The molecule has 1 aliphatic rings. The second-order valence-corrected chi connectivity index (χ2v) is 8.58. The monoisotopic (exact) mass is 419 g/mol. The first-order valence-electron chi connectivity index (χ1n) is 9.23. The molecule has 1 N–H and O–H groups in total. The van der Waals surface area contributed by atoms with Gasteiger partial charge in [0.15, 0.2) is 5.78 Å². The minimum Gasteiger partial charge on any atom is -0.342 e. The summed E-state index contributed by atoms with van der Waals surface area (Å²) in [5.74, 6) is -0.0182. The van der Waals surface area contributed by atoms with Gasteiger partial charge < -0.3 is 10.2 Å². The number of aromatic nitrogens is 1. The highest BCUT2D eigenvalue weighted by atomic mass is 35.5. The van der Waals surface area contributed by atoms with Crippen molar-refractivity contribution >= 4 is 46.4 Å². The summed E-state index contributed by atoms with van der Waals surface area (Å²) < 4.78 is 0.558. The average molecular weight is 420 g/mol. The van der Waals surface area contributed by atoms with Crippen LogP contribution in [0.5, 0.6) is 0 Å². The van der Waals surface area contributed by atoms with Crippen LogP contribution < -0.4 is 5.32 Å². The van der Waals surface area contributed by atoms with Crippen LogP contribution >= 0.6 is 22.9 Å². The van der Waals surface area contributed by atoms with Crippen LogP contribution in [0.4, 0.5) is 5.82 Å². The summed E-state index contributed by atoms with van der Waals surface area (Å²) in [6.07, 6.45) is 3.42. The van der Waals surface area contributed by atoms with Gasteiger partial charge in [0.1, 0.15) is 5.82 Å². The first kappa shape index (κ1) is 20.5. The first-order valence-corrected chi connectivity index (χ1v) is 10.4. The molecule has 148 valence electrons. The Balaban J connectivity index is 1.52. The lowest BCUT2D eigenvalue weighted by Crippen LogP contribution is -2.43. The SMILES string of the molecule is Cc1cccnc1NC(=O)C1CCCN(C(=O)CCC(=O)c2ccc(Cl)s2)C1. The van der Waals surface area contributed by atoms with Crippen molar-refractivity contribution in [1.29, 1.82) is 0 Å². The summed E-state index contributed by atoms with van der Waals surface area (Å²) >= 11 is 7.07. The van der Waals surface area contributed by atoms with E-state index in [-0.39, 0.29) is 36.4 Å². The molecule has 1 fully saturated rings. The number of hydrogen-bond donors (Lipinski definition) is 1. The van der Waals surface area contributed by atoms with Crippen LogP contribution in [-0.2, 0) is 9.59 Å². The van der Waals surface area contributed by atoms with Crippen LogP contribution in [-0.4, -0.2) is 40.6 Å². The second kappa shape index (κ2) is 9.30. The van der Waals surface area contributed by atoms with Crippen LogP contribution in [0.3, 0.4) is 0 Å². The van der Waals surface area contributed by atoms with E-state index in [9.17, 15) is 14.4 Å². The second-order valence-electron chi connectivity index (χ2n) is 6.86. The molecule has 2 amide bonds. The zero-order valence-electron chi connectivity index (χ0n) is 15.6. The number of carbonyl (C=O) groups excluding carboxylic acids is 3. The van der Waals surface area contributed by atoms with Gasteiger partial charge in [-0.3, -0.25) is 14.4 Å². The van der Waals surface area contributed by atoms with Gasteiger partial charge in [0.25, 0.3) is 0 Å². The van der Waals surface area contributed by atoms with Crippen molar-refractivity contribution in [2.75, 3.05) is 18.4 Å². The summed E-state index contributed by atoms with van der Waals surface area (Å²) in [6.45, 7) is 2.87. The van der Waals surface area contributed by atoms with Crippen molar-refractivity contribution < 1.29 is 14.4 Å². The molecule has 1 unspecified atom stereocenters. The molecule has 8 heteroatoms. The van der Waals surface area contributed by atoms with Crippen molar-refractivity contribution in [1.82, 2.24) is 9.88 Å². The summed E-state index contributed by atoms with van der Waals surface area (Å²) in [5, 5.41) is 2.86. The van der Waals surface area contributed by atoms with Crippen molar-refractivity contribution in [3.05, 3.63) is 45.2 Å². The molecular formula is C20H22ClN3O3S. The maximum Gasteiger partial charge on any atom is 0.230 e. The van der Waals surface area contributed by atoms with Gasteiger partial charge in [-0.1, -0.05) is 17.7 Å². The highest BCUT2D eigenvalue weighted by Crippen LogP contribution is 2.24. The van der Waals surface area contributed by atoms with Gasteiger partial charge >= 0.3 is 0 Å². The molecule has 3 rings (SSSR count). The number of carbonyl (C=O) groups is 3. The number of ketones is 1. The Hall–Kier alpha value is -2.25. The van der Waals surface area contributed by atoms with Crippen LogP contribution in [0.2, 0.25) is 4.34 Å². The fourth-order valence-electron chi connectivity index (χ4n) is 3.22. The highest BCUT2D eigenvalue weighted by molar-refractivity contribution is 7.18. The Morgan fingerprint density at radius 2 is 2.11 bits per heavy atom. The van der Waals surface area contributed by atoms with E-state index in [1.54, 1.807) is 23.2 Å². The van der Waals surface area contributed by atoms with Crippen molar-refractivity contribution in [2.24, 2.45) is 5.92 Å². The number of piperidine rings is 1. The van der Waals surface area contributed by atoms with Gasteiger partial charge in [-0.15, -0.1) is 11.3 Å². The lowest BCUT2D eigenvalue weighted by Gasteiger charge is -2.32.